The predicted molar refractivity (Wildman–Crippen MR) is 115 cm³/mol. The second-order valence-electron chi connectivity index (χ2n) is 6.15. The molecule has 0 amide bonds. The number of rotatable bonds is 5. The standard InChI is InChI=1S/C20H13Cl2N3O4S/c1-28-10-2-3-11-12(6-10)18(19-17(4-5-30-19)29-20(26)27)25-24-16(11)7-13-14(21)8-23-9-15(13)22/h2-6,8-9H,7H2,1H3,(H,26,27). The van der Waals surface area contributed by atoms with E-state index < -0.39 is 6.16 Å². The molecule has 152 valence electrons. The van der Waals surface area contributed by atoms with Crippen molar-refractivity contribution in [3.05, 3.63) is 63.3 Å². The van der Waals surface area contributed by atoms with Crippen LogP contribution in [0.2, 0.25) is 10.0 Å². The number of fused-ring (bicyclic) bond motifs is 1. The van der Waals surface area contributed by atoms with Crippen LogP contribution >= 0.6 is 34.5 Å². The third-order valence-electron chi connectivity index (χ3n) is 4.40. The number of hydrogen-bond acceptors (Lipinski definition) is 7. The highest BCUT2D eigenvalue weighted by Gasteiger charge is 2.19. The fraction of sp³-hybridized carbons (Fsp3) is 0.100. The second kappa shape index (κ2) is 8.43. The van der Waals surface area contributed by atoms with E-state index >= 15 is 0 Å². The van der Waals surface area contributed by atoms with E-state index in [2.05, 4.69) is 15.2 Å². The van der Waals surface area contributed by atoms with Crippen molar-refractivity contribution in [1.82, 2.24) is 15.2 Å². The zero-order valence-electron chi connectivity index (χ0n) is 15.4. The van der Waals surface area contributed by atoms with Crippen LogP contribution in [0.15, 0.2) is 42.0 Å². The fourth-order valence-corrected chi connectivity index (χ4v) is 4.35. The van der Waals surface area contributed by atoms with E-state index in [1.54, 1.807) is 18.6 Å². The maximum absolute atomic E-state index is 11.0. The van der Waals surface area contributed by atoms with Gasteiger partial charge in [0.25, 0.3) is 0 Å². The van der Waals surface area contributed by atoms with E-state index in [0.717, 1.165) is 10.8 Å². The number of nitrogens with zero attached hydrogens (tertiary/aromatic N) is 3. The molecule has 0 aliphatic carbocycles. The largest absolute Gasteiger partial charge is 0.511 e. The van der Waals surface area contributed by atoms with Gasteiger partial charge >= 0.3 is 6.16 Å². The van der Waals surface area contributed by atoms with E-state index in [1.807, 2.05) is 18.2 Å². The van der Waals surface area contributed by atoms with Crippen LogP contribution < -0.4 is 9.47 Å². The highest BCUT2D eigenvalue weighted by molar-refractivity contribution is 7.14. The molecule has 0 radical (unpaired) electrons. The molecule has 0 aliphatic heterocycles. The summed E-state index contributed by atoms with van der Waals surface area (Å²) in [5.41, 5.74) is 1.84. The number of halogens is 2. The van der Waals surface area contributed by atoms with Crippen molar-refractivity contribution in [2.24, 2.45) is 0 Å². The van der Waals surface area contributed by atoms with Gasteiger partial charge in [-0.2, -0.15) is 5.10 Å². The summed E-state index contributed by atoms with van der Waals surface area (Å²) in [6.07, 6.45) is 2.00. The van der Waals surface area contributed by atoms with Gasteiger partial charge < -0.3 is 14.6 Å². The Bertz CT molecular complexity index is 1240. The molecule has 10 heteroatoms. The first-order valence-corrected chi connectivity index (χ1v) is 10.2. The third kappa shape index (κ3) is 3.89. The first-order valence-electron chi connectivity index (χ1n) is 8.57. The zero-order chi connectivity index (χ0) is 21.3. The second-order valence-corrected chi connectivity index (χ2v) is 7.88. The van der Waals surface area contributed by atoms with E-state index in [9.17, 15) is 4.79 Å². The molecule has 3 heterocycles. The molecule has 0 saturated heterocycles. The monoisotopic (exact) mass is 461 g/mol. The maximum atomic E-state index is 11.0. The number of aromatic nitrogens is 3. The van der Waals surface area contributed by atoms with Gasteiger partial charge in [-0.25, -0.2) is 4.79 Å². The van der Waals surface area contributed by atoms with Crippen molar-refractivity contribution in [2.45, 2.75) is 6.42 Å². The average Bonchev–Trinajstić information content (AvgIpc) is 3.17. The highest BCUT2D eigenvalue weighted by atomic mass is 35.5. The molecular weight excluding hydrogens is 449 g/mol. The highest BCUT2D eigenvalue weighted by Crippen LogP contribution is 2.40. The van der Waals surface area contributed by atoms with E-state index in [-0.39, 0.29) is 5.75 Å². The summed E-state index contributed by atoms with van der Waals surface area (Å²) in [6, 6.07) is 7.08. The van der Waals surface area contributed by atoms with Gasteiger partial charge in [0.1, 0.15) is 11.4 Å². The van der Waals surface area contributed by atoms with Crippen LogP contribution in [0.25, 0.3) is 21.3 Å². The van der Waals surface area contributed by atoms with Crippen LogP contribution in [0, 0.1) is 0 Å². The molecule has 0 aliphatic rings. The number of benzene rings is 1. The van der Waals surface area contributed by atoms with E-state index in [1.165, 1.54) is 23.7 Å². The quantitative estimate of drug-likeness (QED) is 0.379. The smallest absolute Gasteiger partial charge is 0.497 e. The Labute approximate surface area is 184 Å². The molecule has 0 saturated carbocycles. The topological polar surface area (TPSA) is 94.4 Å². The van der Waals surface area contributed by atoms with Crippen LogP contribution in [-0.2, 0) is 6.42 Å². The van der Waals surface area contributed by atoms with Gasteiger partial charge in [0.05, 0.1) is 27.7 Å². The molecule has 0 bridgehead atoms. The van der Waals surface area contributed by atoms with Crippen LogP contribution in [-0.4, -0.2) is 33.6 Å². The van der Waals surface area contributed by atoms with Gasteiger partial charge in [-0.3, -0.25) is 4.98 Å². The summed E-state index contributed by atoms with van der Waals surface area (Å²) in [6.45, 7) is 0. The fourth-order valence-electron chi connectivity index (χ4n) is 3.03. The van der Waals surface area contributed by atoms with Crippen molar-refractivity contribution < 1.29 is 19.4 Å². The lowest BCUT2D eigenvalue weighted by atomic mass is 10.0. The van der Waals surface area contributed by atoms with Gasteiger partial charge in [0.15, 0.2) is 5.75 Å². The van der Waals surface area contributed by atoms with Crippen molar-refractivity contribution >= 4 is 51.5 Å². The summed E-state index contributed by atoms with van der Waals surface area (Å²) in [7, 11) is 1.57. The molecule has 3 aromatic heterocycles. The average molecular weight is 462 g/mol. The number of ether oxygens (including phenoxy) is 2. The third-order valence-corrected chi connectivity index (χ3v) is 5.96. The zero-order valence-corrected chi connectivity index (χ0v) is 17.8. The van der Waals surface area contributed by atoms with Gasteiger partial charge in [0, 0.05) is 29.6 Å². The van der Waals surface area contributed by atoms with Crippen LogP contribution in [0.3, 0.4) is 0 Å². The van der Waals surface area contributed by atoms with Crippen molar-refractivity contribution in [3.63, 3.8) is 0 Å². The summed E-state index contributed by atoms with van der Waals surface area (Å²) in [5.74, 6) is 0.818. The molecular formula is C20H13Cl2N3O4S. The van der Waals surface area contributed by atoms with Gasteiger partial charge in [0.2, 0.25) is 0 Å². The Balaban J connectivity index is 1.89. The lowest BCUT2D eigenvalue weighted by molar-refractivity contribution is 0.145. The van der Waals surface area contributed by atoms with Gasteiger partial charge in [-0.15, -0.1) is 16.4 Å². The lowest BCUT2D eigenvalue weighted by Gasteiger charge is -2.12. The Hall–Kier alpha value is -2.94. The van der Waals surface area contributed by atoms with Gasteiger partial charge in [-0.05, 0) is 35.2 Å². The Morgan fingerprint density at radius 2 is 1.90 bits per heavy atom. The minimum absolute atomic E-state index is 0.193. The Morgan fingerprint density at radius 1 is 1.13 bits per heavy atom. The van der Waals surface area contributed by atoms with Crippen molar-refractivity contribution in [1.29, 1.82) is 0 Å². The molecule has 1 N–H and O–H groups in total. The van der Waals surface area contributed by atoms with Crippen molar-refractivity contribution in [3.8, 4) is 22.1 Å². The molecule has 7 nitrogen and oxygen atoms in total. The molecule has 30 heavy (non-hydrogen) atoms. The lowest BCUT2D eigenvalue weighted by Crippen LogP contribution is -2.04. The van der Waals surface area contributed by atoms with Gasteiger partial charge in [-0.1, -0.05) is 23.2 Å². The summed E-state index contributed by atoms with van der Waals surface area (Å²) in [5, 5.41) is 21.9. The minimum Gasteiger partial charge on any atom is -0.497 e. The number of methoxy groups -OCH3 is 1. The minimum atomic E-state index is -1.40. The molecule has 0 unspecified atom stereocenters. The number of thiophene rings is 1. The molecule has 0 atom stereocenters. The normalized spacial score (nSPS) is 10.9. The first-order chi connectivity index (χ1) is 14.5. The molecule has 4 rings (SSSR count). The first kappa shape index (κ1) is 20.3. The molecule has 1 aromatic carbocycles. The predicted octanol–water partition coefficient (Wildman–Crippen LogP) is 5.72. The number of hydrogen-bond donors (Lipinski definition) is 1. The number of carbonyl (C=O) groups is 1. The summed E-state index contributed by atoms with van der Waals surface area (Å²) in [4.78, 5) is 15.6. The maximum Gasteiger partial charge on any atom is 0.511 e. The molecule has 4 aromatic rings. The number of pyridine rings is 1. The summed E-state index contributed by atoms with van der Waals surface area (Å²) >= 11 is 13.9. The Kier molecular flexibility index (Phi) is 5.72. The SMILES string of the molecule is COc1ccc2c(Cc3c(Cl)cncc3Cl)nnc(-c3sccc3OC(=O)O)c2c1. The van der Waals surface area contributed by atoms with Crippen LogP contribution in [0.5, 0.6) is 11.5 Å². The van der Waals surface area contributed by atoms with Crippen LogP contribution in [0.4, 0.5) is 4.79 Å². The molecule has 0 spiro atoms. The Morgan fingerprint density at radius 3 is 2.60 bits per heavy atom. The molecule has 0 fully saturated rings. The van der Waals surface area contributed by atoms with E-state index in [4.69, 9.17) is 37.8 Å². The van der Waals surface area contributed by atoms with E-state index in [0.29, 0.717) is 44.0 Å². The summed E-state index contributed by atoms with van der Waals surface area (Å²) < 4.78 is 10.3. The number of carboxylic acid groups (broad SMARTS) is 1. The van der Waals surface area contributed by atoms with Crippen molar-refractivity contribution in [2.75, 3.05) is 7.11 Å². The van der Waals surface area contributed by atoms with Crippen LogP contribution in [0.1, 0.15) is 11.3 Å².